The highest BCUT2D eigenvalue weighted by Crippen LogP contribution is 2.39. The van der Waals surface area contributed by atoms with Crippen LogP contribution in [0.15, 0.2) is 91.0 Å². The van der Waals surface area contributed by atoms with Gasteiger partial charge in [0, 0.05) is 6.42 Å². The van der Waals surface area contributed by atoms with Crippen LogP contribution < -0.4 is 0 Å². The van der Waals surface area contributed by atoms with Gasteiger partial charge in [0.05, 0.1) is 19.3 Å². The standard InChI is InChI=1S/C27H29BrO4/c1-20-24(30-18-22-13-7-3-8-14-22)25(31-19-23-15-9-4-10-16-23)27(29,26(28)32-20)17-21-11-5-2-6-12-21/h2-16,20,24-26,29H,17-19H2,1H3/t20-,24+,25+,26?,27-/m1/s1. The van der Waals surface area contributed by atoms with E-state index in [1.54, 1.807) is 0 Å². The summed E-state index contributed by atoms with van der Waals surface area (Å²) in [6.07, 6.45) is -0.928. The summed E-state index contributed by atoms with van der Waals surface area (Å²) in [6, 6.07) is 29.9. The monoisotopic (exact) mass is 496 g/mol. The van der Waals surface area contributed by atoms with E-state index < -0.39 is 22.8 Å². The van der Waals surface area contributed by atoms with Crippen LogP contribution in [-0.2, 0) is 33.8 Å². The van der Waals surface area contributed by atoms with Gasteiger partial charge in [0.2, 0.25) is 0 Å². The fourth-order valence-corrected chi connectivity index (χ4v) is 4.90. The third kappa shape index (κ3) is 5.48. The maximum absolute atomic E-state index is 11.9. The van der Waals surface area contributed by atoms with Crippen LogP contribution in [0.3, 0.4) is 0 Å². The molecule has 168 valence electrons. The van der Waals surface area contributed by atoms with Crippen molar-refractivity contribution in [1.29, 1.82) is 0 Å². The second-order valence-corrected chi connectivity index (χ2v) is 9.12. The number of hydrogen-bond acceptors (Lipinski definition) is 4. The molecular formula is C27H29BrO4. The lowest BCUT2D eigenvalue weighted by atomic mass is 9.83. The van der Waals surface area contributed by atoms with Crippen LogP contribution >= 0.6 is 15.9 Å². The Kier molecular flexibility index (Phi) is 7.76. The predicted molar refractivity (Wildman–Crippen MR) is 128 cm³/mol. The fourth-order valence-electron chi connectivity index (χ4n) is 4.14. The second-order valence-electron chi connectivity index (χ2n) is 8.29. The Labute approximate surface area is 198 Å². The van der Waals surface area contributed by atoms with Gasteiger partial charge in [0.15, 0.2) is 0 Å². The summed E-state index contributed by atoms with van der Waals surface area (Å²) >= 11 is 3.59. The number of ether oxygens (including phenoxy) is 3. The molecule has 1 N–H and O–H groups in total. The minimum absolute atomic E-state index is 0.264. The Hall–Kier alpha value is -2.02. The molecule has 5 atom stereocenters. The van der Waals surface area contributed by atoms with Gasteiger partial charge < -0.3 is 19.3 Å². The molecule has 0 saturated carbocycles. The first kappa shape index (κ1) is 23.1. The van der Waals surface area contributed by atoms with Gasteiger partial charge in [-0.25, -0.2) is 0 Å². The van der Waals surface area contributed by atoms with Gasteiger partial charge in [-0.05, 0) is 23.6 Å². The van der Waals surface area contributed by atoms with Crippen molar-refractivity contribution in [2.24, 2.45) is 0 Å². The number of aliphatic hydroxyl groups is 1. The molecule has 0 aromatic heterocycles. The topological polar surface area (TPSA) is 47.9 Å². The molecule has 1 saturated heterocycles. The molecule has 32 heavy (non-hydrogen) atoms. The van der Waals surface area contributed by atoms with Crippen molar-refractivity contribution in [3.8, 4) is 0 Å². The summed E-state index contributed by atoms with van der Waals surface area (Å²) in [5, 5.41) is 11.3. The molecule has 5 heteroatoms. The summed E-state index contributed by atoms with van der Waals surface area (Å²) < 4.78 is 18.9. The largest absolute Gasteiger partial charge is 0.383 e. The van der Waals surface area contributed by atoms with Crippen molar-refractivity contribution in [2.45, 2.75) is 55.5 Å². The van der Waals surface area contributed by atoms with E-state index in [-0.39, 0.29) is 6.10 Å². The van der Waals surface area contributed by atoms with Gasteiger partial charge in [-0.2, -0.15) is 0 Å². The van der Waals surface area contributed by atoms with Crippen molar-refractivity contribution in [3.63, 3.8) is 0 Å². The lowest BCUT2D eigenvalue weighted by Crippen LogP contribution is -2.66. The Balaban J connectivity index is 1.60. The van der Waals surface area contributed by atoms with Crippen LogP contribution in [0.2, 0.25) is 0 Å². The van der Waals surface area contributed by atoms with Crippen molar-refractivity contribution in [3.05, 3.63) is 108 Å². The molecule has 3 aromatic carbocycles. The van der Waals surface area contributed by atoms with Crippen LogP contribution in [0.25, 0.3) is 0 Å². The molecule has 4 nitrogen and oxygen atoms in total. The van der Waals surface area contributed by atoms with Crippen molar-refractivity contribution < 1.29 is 19.3 Å². The van der Waals surface area contributed by atoms with E-state index >= 15 is 0 Å². The summed E-state index contributed by atoms with van der Waals surface area (Å²) in [5.41, 5.74) is 1.80. The summed E-state index contributed by atoms with van der Waals surface area (Å²) in [6.45, 7) is 2.75. The summed E-state index contributed by atoms with van der Waals surface area (Å²) in [4.78, 5) is 0. The van der Waals surface area contributed by atoms with Crippen LogP contribution in [0, 0.1) is 0 Å². The summed E-state index contributed by atoms with van der Waals surface area (Å²) in [5.74, 6) is 0. The van der Waals surface area contributed by atoms with Crippen molar-refractivity contribution >= 4 is 15.9 Å². The van der Waals surface area contributed by atoms with Crippen molar-refractivity contribution in [1.82, 2.24) is 0 Å². The molecule has 1 aliphatic rings. The highest BCUT2D eigenvalue weighted by molar-refractivity contribution is 9.09. The average molecular weight is 497 g/mol. The first-order valence-electron chi connectivity index (χ1n) is 10.9. The van der Waals surface area contributed by atoms with Gasteiger partial charge in [0.25, 0.3) is 0 Å². The molecule has 1 unspecified atom stereocenters. The zero-order valence-electron chi connectivity index (χ0n) is 18.1. The Morgan fingerprint density at radius 2 is 1.25 bits per heavy atom. The molecular weight excluding hydrogens is 468 g/mol. The third-order valence-corrected chi connectivity index (χ3v) is 6.88. The lowest BCUT2D eigenvalue weighted by molar-refractivity contribution is -0.268. The molecule has 1 heterocycles. The molecule has 3 aromatic rings. The van der Waals surface area contributed by atoms with Gasteiger partial charge in [-0.1, -0.05) is 107 Å². The minimum Gasteiger partial charge on any atom is -0.383 e. The highest BCUT2D eigenvalue weighted by atomic mass is 79.9. The molecule has 4 rings (SSSR count). The van der Waals surface area contributed by atoms with Crippen molar-refractivity contribution in [2.75, 3.05) is 0 Å². The van der Waals surface area contributed by atoms with E-state index in [9.17, 15) is 5.11 Å². The fraction of sp³-hybridized carbons (Fsp3) is 0.333. The van der Waals surface area contributed by atoms with E-state index in [2.05, 4.69) is 15.9 Å². The first-order chi connectivity index (χ1) is 15.6. The number of alkyl halides is 1. The first-order valence-corrected chi connectivity index (χ1v) is 11.8. The van der Waals surface area contributed by atoms with E-state index in [0.29, 0.717) is 19.6 Å². The molecule has 0 radical (unpaired) electrons. The smallest absolute Gasteiger partial charge is 0.144 e. The number of hydrogen-bond donors (Lipinski definition) is 1. The third-order valence-electron chi connectivity index (χ3n) is 5.87. The maximum atomic E-state index is 11.9. The Bertz CT molecular complexity index is 953. The van der Waals surface area contributed by atoms with Crippen LogP contribution in [0.1, 0.15) is 23.6 Å². The second kappa shape index (κ2) is 10.7. The van der Waals surface area contributed by atoms with Crippen LogP contribution in [0.4, 0.5) is 0 Å². The van der Waals surface area contributed by atoms with Gasteiger partial charge in [-0.3, -0.25) is 0 Å². The average Bonchev–Trinajstić information content (AvgIpc) is 2.82. The normalized spacial score (nSPS) is 27.8. The van der Waals surface area contributed by atoms with E-state index in [1.807, 2.05) is 97.9 Å². The van der Waals surface area contributed by atoms with Gasteiger partial charge >= 0.3 is 0 Å². The highest BCUT2D eigenvalue weighted by Gasteiger charge is 2.55. The number of halogens is 1. The molecule has 0 spiro atoms. The molecule has 0 amide bonds. The quantitative estimate of drug-likeness (QED) is 0.431. The predicted octanol–water partition coefficient (Wildman–Crippen LogP) is 5.27. The zero-order valence-corrected chi connectivity index (χ0v) is 19.7. The van der Waals surface area contributed by atoms with Gasteiger partial charge in [-0.15, -0.1) is 0 Å². The number of rotatable bonds is 8. The molecule has 1 aliphatic heterocycles. The molecule has 0 aliphatic carbocycles. The molecule has 0 bridgehead atoms. The van der Waals surface area contributed by atoms with Gasteiger partial charge in [0.1, 0.15) is 22.8 Å². The zero-order chi connectivity index (χ0) is 22.4. The van der Waals surface area contributed by atoms with E-state index in [4.69, 9.17) is 14.2 Å². The Morgan fingerprint density at radius 3 is 1.78 bits per heavy atom. The van der Waals surface area contributed by atoms with E-state index in [1.165, 1.54) is 0 Å². The Morgan fingerprint density at radius 1 is 0.781 bits per heavy atom. The summed E-state index contributed by atoms with van der Waals surface area (Å²) in [7, 11) is 0. The maximum Gasteiger partial charge on any atom is 0.144 e. The lowest BCUT2D eigenvalue weighted by Gasteiger charge is -2.49. The molecule has 1 fully saturated rings. The van der Waals surface area contributed by atoms with Crippen LogP contribution in [0.5, 0.6) is 0 Å². The minimum atomic E-state index is -1.32. The number of benzene rings is 3. The van der Waals surface area contributed by atoms with Crippen LogP contribution in [-0.4, -0.2) is 34.0 Å². The van der Waals surface area contributed by atoms with E-state index in [0.717, 1.165) is 16.7 Å². The SMILES string of the molecule is C[C@H]1OC(Br)[C@@](O)(Cc2ccccc2)[C@@H](OCc2ccccc2)[C@H]1OCc1ccccc1.